The first-order valence-corrected chi connectivity index (χ1v) is 5.76. The summed E-state index contributed by atoms with van der Waals surface area (Å²) in [6.07, 6.45) is 0. The van der Waals surface area contributed by atoms with E-state index in [2.05, 4.69) is 10.2 Å². The Bertz CT molecular complexity index is 617. The maximum absolute atomic E-state index is 12.9. The van der Waals surface area contributed by atoms with E-state index in [1.54, 1.807) is 32.9 Å². The normalized spacial score (nSPS) is 11.6. The first-order chi connectivity index (χ1) is 8.84. The van der Waals surface area contributed by atoms with Gasteiger partial charge in [0.25, 0.3) is 0 Å². The first-order valence-electron chi connectivity index (χ1n) is 5.76. The zero-order valence-electron chi connectivity index (χ0n) is 10.9. The maximum atomic E-state index is 12.9. The van der Waals surface area contributed by atoms with Gasteiger partial charge in [-0.25, -0.2) is 9.18 Å². The zero-order chi connectivity index (χ0) is 14.2. The minimum atomic E-state index is -1.18. The van der Waals surface area contributed by atoms with Gasteiger partial charge in [-0.1, -0.05) is 0 Å². The Morgan fingerprint density at radius 3 is 2.37 bits per heavy atom. The van der Waals surface area contributed by atoms with E-state index < -0.39 is 11.5 Å². The molecule has 0 fully saturated rings. The van der Waals surface area contributed by atoms with Gasteiger partial charge >= 0.3 is 5.97 Å². The van der Waals surface area contributed by atoms with Gasteiger partial charge in [0.05, 0.1) is 0 Å². The number of hydrogen-bond donors (Lipinski definition) is 1. The number of aryl methyl sites for hydroxylation is 1. The standard InChI is InChI=1S/C13H14FN3O2/c1-8-15-16-11(9-4-6-10(14)7-5-9)17(8)13(2,3)12(18)19/h4-7H,1-3H3,(H,18,19). The lowest BCUT2D eigenvalue weighted by atomic mass is 10.0. The Balaban J connectivity index is 2.61. The summed E-state index contributed by atoms with van der Waals surface area (Å²) < 4.78 is 14.5. The van der Waals surface area contributed by atoms with Crippen molar-refractivity contribution < 1.29 is 14.3 Å². The molecule has 0 aliphatic carbocycles. The van der Waals surface area contributed by atoms with Crippen LogP contribution in [0.3, 0.4) is 0 Å². The van der Waals surface area contributed by atoms with Crippen LogP contribution in [0.15, 0.2) is 24.3 Å². The van der Waals surface area contributed by atoms with Gasteiger partial charge in [-0.05, 0) is 45.0 Å². The van der Waals surface area contributed by atoms with Crippen molar-refractivity contribution >= 4 is 5.97 Å². The molecule has 19 heavy (non-hydrogen) atoms. The number of nitrogens with zero attached hydrogens (tertiary/aromatic N) is 3. The minimum absolute atomic E-state index is 0.357. The van der Waals surface area contributed by atoms with Crippen molar-refractivity contribution in [3.8, 4) is 11.4 Å². The second kappa shape index (κ2) is 4.46. The quantitative estimate of drug-likeness (QED) is 0.921. The lowest BCUT2D eigenvalue weighted by molar-refractivity contribution is -0.145. The number of carbonyl (C=O) groups is 1. The van der Waals surface area contributed by atoms with Crippen molar-refractivity contribution in [1.29, 1.82) is 0 Å². The Morgan fingerprint density at radius 1 is 1.26 bits per heavy atom. The maximum Gasteiger partial charge on any atom is 0.329 e. The molecule has 2 aromatic rings. The highest BCUT2D eigenvalue weighted by Crippen LogP contribution is 2.26. The van der Waals surface area contributed by atoms with Gasteiger partial charge in [0.15, 0.2) is 5.82 Å². The topological polar surface area (TPSA) is 68.0 Å². The van der Waals surface area contributed by atoms with Crippen molar-refractivity contribution in [3.63, 3.8) is 0 Å². The highest BCUT2D eigenvalue weighted by atomic mass is 19.1. The molecule has 0 atom stereocenters. The summed E-state index contributed by atoms with van der Waals surface area (Å²) >= 11 is 0. The molecule has 5 nitrogen and oxygen atoms in total. The van der Waals surface area contributed by atoms with Gasteiger partial charge in [-0.15, -0.1) is 10.2 Å². The van der Waals surface area contributed by atoms with Crippen LogP contribution in [0.4, 0.5) is 4.39 Å². The molecule has 1 heterocycles. The van der Waals surface area contributed by atoms with Gasteiger partial charge < -0.3 is 5.11 Å². The van der Waals surface area contributed by atoms with Crippen molar-refractivity contribution in [2.75, 3.05) is 0 Å². The monoisotopic (exact) mass is 263 g/mol. The van der Waals surface area contributed by atoms with E-state index in [-0.39, 0.29) is 5.82 Å². The largest absolute Gasteiger partial charge is 0.480 e. The molecule has 2 rings (SSSR count). The fourth-order valence-corrected chi connectivity index (χ4v) is 1.91. The van der Waals surface area contributed by atoms with Crippen LogP contribution in [0.2, 0.25) is 0 Å². The Kier molecular flexibility index (Phi) is 3.09. The summed E-state index contributed by atoms with van der Waals surface area (Å²) in [5, 5.41) is 17.2. The fourth-order valence-electron chi connectivity index (χ4n) is 1.91. The summed E-state index contributed by atoms with van der Waals surface area (Å²) in [7, 11) is 0. The SMILES string of the molecule is Cc1nnc(-c2ccc(F)cc2)n1C(C)(C)C(=O)O. The highest BCUT2D eigenvalue weighted by molar-refractivity contribution is 5.77. The van der Waals surface area contributed by atoms with Gasteiger partial charge in [-0.3, -0.25) is 4.57 Å². The van der Waals surface area contributed by atoms with Gasteiger partial charge in [0, 0.05) is 5.56 Å². The van der Waals surface area contributed by atoms with E-state index in [4.69, 9.17) is 0 Å². The lowest BCUT2D eigenvalue weighted by Gasteiger charge is -2.24. The molecule has 0 saturated heterocycles. The number of aliphatic carboxylic acids is 1. The third-order valence-electron chi connectivity index (χ3n) is 3.01. The van der Waals surface area contributed by atoms with Crippen LogP contribution in [-0.4, -0.2) is 25.8 Å². The van der Waals surface area contributed by atoms with Crippen LogP contribution < -0.4 is 0 Å². The number of carboxylic acids is 1. The second-order valence-electron chi connectivity index (χ2n) is 4.78. The number of benzene rings is 1. The molecule has 0 aliphatic rings. The molecule has 0 unspecified atom stereocenters. The second-order valence-corrected chi connectivity index (χ2v) is 4.78. The van der Waals surface area contributed by atoms with Crippen LogP contribution in [0.5, 0.6) is 0 Å². The van der Waals surface area contributed by atoms with E-state index in [1.807, 2.05) is 0 Å². The molecule has 1 N–H and O–H groups in total. The lowest BCUT2D eigenvalue weighted by Crippen LogP contribution is -2.37. The molecule has 100 valence electrons. The summed E-state index contributed by atoms with van der Waals surface area (Å²) in [5.74, 6) is -0.445. The molecule has 0 bridgehead atoms. The van der Waals surface area contributed by atoms with Gasteiger partial charge in [-0.2, -0.15) is 0 Å². The van der Waals surface area contributed by atoms with Crippen molar-refractivity contribution in [1.82, 2.24) is 14.8 Å². The molecule has 0 amide bonds. The van der Waals surface area contributed by atoms with Crippen LogP contribution in [0.1, 0.15) is 19.7 Å². The van der Waals surface area contributed by atoms with Crippen molar-refractivity contribution in [2.24, 2.45) is 0 Å². The van der Waals surface area contributed by atoms with Gasteiger partial charge in [0.1, 0.15) is 17.2 Å². The first kappa shape index (κ1) is 13.2. The van der Waals surface area contributed by atoms with E-state index in [1.165, 1.54) is 16.7 Å². The molecule has 6 heteroatoms. The third-order valence-corrected chi connectivity index (χ3v) is 3.01. The van der Waals surface area contributed by atoms with E-state index in [0.717, 1.165) is 0 Å². The third kappa shape index (κ3) is 2.21. The Hall–Kier alpha value is -2.24. The van der Waals surface area contributed by atoms with E-state index in [9.17, 15) is 14.3 Å². The van der Waals surface area contributed by atoms with Crippen LogP contribution in [0.25, 0.3) is 11.4 Å². The highest BCUT2D eigenvalue weighted by Gasteiger charge is 2.33. The number of hydrogen-bond acceptors (Lipinski definition) is 3. The molecule has 0 radical (unpaired) electrons. The van der Waals surface area contributed by atoms with Crippen LogP contribution in [0, 0.1) is 12.7 Å². The number of halogens is 1. The van der Waals surface area contributed by atoms with Gasteiger partial charge in [0.2, 0.25) is 0 Å². The molecular weight excluding hydrogens is 249 g/mol. The number of rotatable bonds is 3. The molecule has 0 aliphatic heterocycles. The molecule has 0 spiro atoms. The number of carboxylic acid groups (broad SMARTS) is 1. The molecular formula is C13H14FN3O2. The minimum Gasteiger partial charge on any atom is -0.480 e. The summed E-state index contributed by atoms with van der Waals surface area (Å²) in [6, 6.07) is 5.70. The summed E-state index contributed by atoms with van der Waals surface area (Å²) in [4.78, 5) is 11.4. The predicted octanol–water partition coefficient (Wildman–Crippen LogP) is 2.21. The molecule has 0 saturated carbocycles. The fraction of sp³-hybridized carbons (Fsp3) is 0.308. The molecule has 1 aromatic carbocycles. The molecule has 1 aromatic heterocycles. The number of aromatic nitrogens is 3. The van der Waals surface area contributed by atoms with E-state index >= 15 is 0 Å². The van der Waals surface area contributed by atoms with E-state index in [0.29, 0.717) is 17.2 Å². The van der Waals surface area contributed by atoms with Crippen molar-refractivity contribution in [3.05, 3.63) is 35.9 Å². The summed E-state index contributed by atoms with van der Waals surface area (Å²) in [6.45, 7) is 4.82. The zero-order valence-corrected chi connectivity index (χ0v) is 10.9. The van der Waals surface area contributed by atoms with Crippen LogP contribution in [-0.2, 0) is 10.3 Å². The average Bonchev–Trinajstić information content (AvgIpc) is 2.72. The Morgan fingerprint density at radius 2 is 1.84 bits per heavy atom. The van der Waals surface area contributed by atoms with Crippen molar-refractivity contribution in [2.45, 2.75) is 26.3 Å². The summed E-state index contributed by atoms with van der Waals surface area (Å²) in [5.41, 5.74) is -0.562. The Labute approximate surface area is 109 Å². The average molecular weight is 263 g/mol. The smallest absolute Gasteiger partial charge is 0.329 e. The van der Waals surface area contributed by atoms with Crippen LogP contribution >= 0.6 is 0 Å². The predicted molar refractivity (Wildman–Crippen MR) is 67.1 cm³/mol.